The molecule has 0 amide bonds. The molecule has 1 fully saturated rings. The van der Waals surface area contributed by atoms with Crippen molar-refractivity contribution in [2.45, 2.75) is 30.3 Å². The molecule has 116 valence electrons. The predicted molar refractivity (Wildman–Crippen MR) is 69.0 cm³/mol. The molecule has 1 unspecified atom stereocenters. The first-order chi connectivity index (χ1) is 9.81. The lowest BCUT2D eigenvalue weighted by atomic mass is 10.2. The number of ether oxygens (including phenoxy) is 1. The molecule has 21 heavy (non-hydrogen) atoms. The molecule has 1 aliphatic rings. The van der Waals surface area contributed by atoms with Crippen LogP contribution in [0.25, 0.3) is 0 Å². The summed E-state index contributed by atoms with van der Waals surface area (Å²) in [5.41, 5.74) is -0.607. The summed E-state index contributed by atoms with van der Waals surface area (Å²) in [6.07, 6.45) is 1.51. The van der Waals surface area contributed by atoms with E-state index in [0.29, 0.717) is 18.7 Å². The van der Waals surface area contributed by atoms with Gasteiger partial charge in [0, 0.05) is 6.61 Å². The number of halogens is 2. The summed E-state index contributed by atoms with van der Waals surface area (Å²) < 4.78 is 56.4. The van der Waals surface area contributed by atoms with Gasteiger partial charge < -0.3 is 9.84 Å². The second kappa shape index (κ2) is 6.07. The number of carboxylic acids is 1. The molecule has 1 aromatic carbocycles. The fraction of sp³-hybridized carbons (Fsp3) is 0.462. The van der Waals surface area contributed by atoms with Crippen molar-refractivity contribution in [3.63, 3.8) is 0 Å². The maximum Gasteiger partial charge on any atom is 0.335 e. The lowest BCUT2D eigenvalue weighted by Gasteiger charge is -2.11. The van der Waals surface area contributed by atoms with E-state index in [1.54, 1.807) is 0 Å². The number of carboxylic acid groups (broad SMARTS) is 1. The van der Waals surface area contributed by atoms with Crippen molar-refractivity contribution in [2.24, 2.45) is 0 Å². The van der Waals surface area contributed by atoms with E-state index in [0.717, 1.165) is 12.8 Å². The lowest BCUT2D eigenvalue weighted by molar-refractivity contribution is 0.0695. The van der Waals surface area contributed by atoms with Crippen molar-refractivity contribution < 1.29 is 31.8 Å². The highest BCUT2D eigenvalue weighted by molar-refractivity contribution is 7.91. The van der Waals surface area contributed by atoms with Gasteiger partial charge in [0.05, 0.1) is 17.4 Å². The van der Waals surface area contributed by atoms with Crippen molar-refractivity contribution in [3.8, 4) is 0 Å². The zero-order chi connectivity index (χ0) is 15.6. The molecule has 0 saturated carbocycles. The molecule has 1 aliphatic heterocycles. The molecule has 1 heterocycles. The van der Waals surface area contributed by atoms with Gasteiger partial charge >= 0.3 is 5.97 Å². The van der Waals surface area contributed by atoms with Crippen LogP contribution in [0.15, 0.2) is 17.0 Å². The van der Waals surface area contributed by atoms with Crippen molar-refractivity contribution >= 4 is 15.8 Å². The summed E-state index contributed by atoms with van der Waals surface area (Å²) in [5.74, 6) is -4.99. The molecule has 0 spiro atoms. The van der Waals surface area contributed by atoms with Gasteiger partial charge in [0.1, 0.15) is 4.90 Å². The Labute approximate surface area is 120 Å². The molecular weight excluding hydrogens is 306 g/mol. The highest BCUT2D eigenvalue weighted by Gasteiger charge is 2.26. The molecule has 0 bridgehead atoms. The Hall–Kier alpha value is -1.54. The Morgan fingerprint density at radius 3 is 2.67 bits per heavy atom. The van der Waals surface area contributed by atoms with Gasteiger partial charge in [-0.25, -0.2) is 22.0 Å². The first-order valence-corrected chi connectivity index (χ1v) is 8.03. The van der Waals surface area contributed by atoms with Crippen LogP contribution in [0.5, 0.6) is 0 Å². The average Bonchev–Trinajstić information content (AvgIpc) is 2.92. The van der Waals surface area contributed by atoms with Gasteiger partial charge in [-0.2, -0.15) is 0 Å². The third-order valence-electron chi connectivity index (χ3n) is 3.31. The molecule has 5 nitrogen and oxygen atoms in total. The third kappa shape index (κ3) is 3.56. The molecule has 0 aromatic heterocycles. The van der Waals surface area contributed by atoms with Crippen LogP contribution in [-0.4, -0.2) is 38.0 Å². The van der Waals surface area contributed by atoms with E-state index in [9.17, 15) is 22.0 Å². The third-order valence-corrected chi connectivity index (χ3v) is 5.05. The Bertz CT molecular complexity index is 651. The summed E-state index contributed by atoms with van der Waals surface area (Å²) in [4.78, 5) is 9.89. The van der Waals surface area contributed by atoms with Gasteiger partial charge in [-0.1, -0.05) is 0 Å². The second-order valence-corrected chi connectivity index (χ2v) is 6.90. The van der Waals surface area contributed by atoms with Crippen LogP contribution >= 0.6 is 0 Å². The first kappa shape index (κ1) is 15.8. The summed E-state index contributed by atoms with van der Waals surface area (Å²) in [5, 5.41) is 8.79. The van der Waals surface area contributed by atoms with Gasteiger partial charge in [-0.3, -0.25) is 0 Å². The number of carbonyl (C=O) groups is 1. The zero-order valence-electron chi connectivity index (χ0n) is 11.0. The number of aromatic carboxylic acids is 1. The summed E-state index contributed by atoms with van der Waals surface area (Å²) in [6.45, 7) is 0.558. The van der Waals surface area contributed by atoms with E-state index < -0.39 is 43.7 Å². The predicted octanol–water partition coefficient (Wildman–Crippen LogP) is 2.01. The normalized spacial score (nSPS) is 18.9. The van der Waals surface area contributed by atoms with Crippen molar-refractivity contribution in [1.82, 2.24) is 0 Å². The van der Waals surface area contributed by atoms with Gasteiger partial charge in [-0.15, -0.1) is 0 Å². The molecule has 1 N–H and O–H groups in total. The van der Waals surface area contributed by atoms with Crippen LogP contribution in [0.3, 0.4) is 0 Å². The van der Waals surface area contributed by atoms with Crippen LogP contribution < -0.4 is 0 Å². The topological polar surface area (TPSA) is 80.7 Å². The van der Waals surface area contributed by atoms with Gasteiger partial charge in [-0.05, 0) is 31.4 Å². The van der Waals surface area contributed by atoms with Crippen LogP contribution in [0.2, 0.25) is 0 Å². The van der Waals surface area contributed by atoms with Crippen molar-refractivity contribution in [3.05, 3.63) is 29.3 Å². The van der Waals surface area contributed by atoms with E-state index in [-0.39, 0.29) is 12.5 Å². The molecule has 0 aliphatic carbocycles. The number of hydrogen-bond acceptors (Lipinski definition) is 4. The second-order valence-electron chi connectivity index (χ2n) is 4.82. The zero-order valence-corrected chi connectivity index (χ0v) is 11.8. The van der Waals surface area contributed by atoms with Crippen LogP contribution in [0.1, 0.15) is 29.6 Å². The summed E-state index contributed by atoms with van der Waals surface area (Å²) >= 11 is 0. The smallest absolute Gasteiger partial charge is 0.335 e. The summed E-state index contributed by atoms with van der Waals surface area (Å²) in [6, 6.07) is 1.10. The number of benzene rings is 1. The van der Waals surface area contributed by atoms with E-state index in [1.165, 1.54) is 0 Å². The maximum atomic E-state index is 13.7. The maximum absolute atomic E-state index is 13.7. The van der Waals surface area contributed by atoms with E-state index in [4.69, 9.17) is 9.84 Å². The number of rotatable bonds is 5. The SMILES string of the molecule is O=C(O)c1cc(F)c(F)c(S(=O)(=O)CCC2CCCO2)c1. The number of sulfone groups is 1. The molecule has 1 atom stereocenters. The monoisotopic (exact) mass is 320 g/mol. The Morgan fingerprint density at radius 1 is 1.38 bits per heavy atom. The number of hydrogen-bond donors (Lipinski definition) is 1. The van der Waals surface area contributed by atoms with E-state index >= 15 is 0 Å². The average molecular weight is 320 g/mol. The van der Waals surface area contributed by atoms with Crippen molar-refractivity contribution in [2.75, 3.05) is 12.4 Å². The molecule has 1 saturated heterocycles. The molecule has 8 heteroatoms. The van der Waals surface area contributed by atoms with Gasteiger partial charge in [0.25, 0.3) is 0 Å². The Morgan fingerprint density at radius 2 is 2.10 bits per heavy atom. The van der Waals surface area contributed by atoms with Gasteiger partial charge in [0.2, 0.25) is 0 Å². The lowest BCUT2D eigenvalue weighted by Crippen LogP contribution is -2.17. The molecule has 2 rings (SSSR count). The largest absolute Gasteiger partial charge is 0.478 e. The highest BCUT2D eigenvalue weighted by atomic mass is 32.2. The van der Waals surface area contributed by atoms with Crippen molar-refractivity contribution in [1.29, 1.82) is 0 Å². The van der Waals surface area contributed by atoms with Gasteiger partial charge in [0.15, 0.2) is 21.5 Å². The first-order valence-electron chi connectivity index (χ1n) is 6.38. The fourth-order valence-corrected chi connectivity index (χ4v) is 3.65. The Balaban J connectivity index is 2.27. The van der Waals surface area contributed by atoms with Crippen LogP contribution in [0.4, 0.5) is 8.78 Å². The van der Waals surface area contributed by atoms with Crippen LogP contribution in [0, 0.1) is 11.6 Å². The standard InChI is InChI=1S/C13H14F2O5S/c14-10-6-8(13(16)17)7-11(12(10)15)21(18,19)5-3-9-2-1-4-20-9/h6-7,9H,1-5H2,(H,16,17). The Kier molecular flexibility index (Phi) is 4.58. The quantitative estimate of drug-likeness (QED) is 0.897. The summed E-state index contributed by atoms with van der Waals surface area (Å²) in [7, 11) is -4.12. The fourth-order valence-electron chi connectivity index (χ4n) is 2.18. The van der Waals surface area contributed by atoms with E-state index in [1.807, 2.05) is 0 Å². The molecule has 0 radical (unpaired) electrons. The minimum atomic E-state index is -4.12. The van der Waals surface area contributed by atoms with E-state index in [2.05, 4.69) is 0 Å². The minimum Gasteiger partial charge on any atom is -0.478 e. The molecule has 1 aromatic rings. The highest BCUT2D eigenvalue weighted by Crippen LogP contribution is 2.24. The minimum absolute atomic E-state index is 0.167. The molecular formula is C13H14F2O5S. The van der Waals surface area contributed by atoms with Crippen LogP contribution in [-0.2, 0) is 14.6 Å².